The molecule has 0 saturated heterocycles. The summed E-state index contributed by atoms with van der Waals surface area (Å²) >= 11 is 0. The number of rotatable bonds is 8. The van der Waals surface area contributed by atoms with Gasteiger partial charge >= 0.3 is 0 Å². The Kier molecular flexibility index (Phi) is 7.08. The van der Waals surface area contributed by atoms with Crippen LogP contribution in [0, 0.1) is 0 Å². The Bertz CT molecular complexity index is 720. The van der Waals surface area contributed by atoms with Crippen molar-refractivity contribution in [2.75, 3.05) is 19.5 Å². The van der Waals surface area contributed by atoms with E-state index in [1.165, 1.54) is 24.5 Å². The molecular weight excluding hydrogens is 314 g/mol. The van der Waals surface area contributed by atoms with E-state index in [2.05, 4.69) is 24.4 Å². The quantitative estimate of drug-likeness (QED) is 0.709. The average Bonchev–Trinajstić information content (AvgIpc) is 2.65. The molecule has 0 aliphatic heterocycles. The Hall–Kier alpha value is -2.75. The molecule has 0 bridgehead atoms. The van der Waals surface area contributed by atoms with Crippen molar-refractivity contribution in [3.8, 4) is 11.5 Å². The number of unbranched alkanes of at least 4 members (excludes halogenated alkanes) is 1. The minimum Gasteiger partial charge on any atom is -0.493 e. The third-order valence-corrected chi connectivity index (χ3v) is 3.88. The molecule has 0 aliphatic rings. The summed E-state index contributed by atoms with van der Waals surface area (Å²) in [6.45, 7) is 2.18. The van der Waals surface area contributed by atoms with Crippen molar-refractivity contribution >= 4 is 17.7 Å². The molecule has 0 heterocycles. The molecule has 0 atom stereocenters. The fourth-order valence-electron chi connectivity index (χ4n) is 2.45. The number of benzene rings is 2. The number of anilines is 1. The van der Waals surface area contributed by atoms with Gasteiger partial charge in [0.1, 0.15) is 0 Å². The van der Waals surface area contributed by atoms with Crippen LogP contribution in [0.3, 0.4) is 0 Å². The van der Waals surface area contributed by atoms with Gasteiger partial charge in [-0.05, 0) is 54.3 Å². The van der Waals surface area contributed by atoms with Gasteiger partial charge in [0.15, 0.2) is 11.5 Å². The molecule has 1 N–H and O–H groups in total. The summed E-state index contributed by atoms with van der Waals surface area (Å²) in [7, 11) is 3.18. The number of ether oxygens (including phenoxy) is 2. The Balaban J connectivity index is 1.96. The standard InChI is InChI=1S/C21H25NO3/c1-4-5-6-16-7-11-18(12-8-16)22-21(23)14-10-17-9-13-19(24-2)20(15-17)25-3/h7-15H,4-6H2,1-3H3,(H,22,23). The number of carbonyl (C=O) groups excluding carboxylic acids is 1. The number of carbonyl (C=O) groups is 1. The van der Waals surface area contributed by atoms with E-state index in [9.17, 15) is 4.79 Å². The summed E-state index contributed by atoms with van der Waals surface area (Å²) in [5, 5.41) is 2.86. The second-order valence-corrected chi connectivity index (χ2v) is 5.74. The highest BCUT2D eigenvalue weighted by Gasteiger charge is 2.03. The van der Waals surface area contributed by atoms with Gasteiger partial charge < -0.3 is 14.8 Å². The van der Waals surface area contributed by atoms with Gasteiger partial charge in [-0.3, -0.25) is 4.79 Å². The summed E-state index contributed by atoms with van der Waals surface area (Å²) in [6.07, 6.45) is 6.68. The van der Waals surface area contributed by atoms with Crippen LogP contribution in [0.25, 0.3) is 6.08 Å². The fourth-order valence-corrected chi connectivity index (χ4v) is 2.45. The Labute approximate surface area is 149 Å². The van der Waals surface area contributed by atoms with Crippen molar-refractivity contribution in [2.45, 2.75) is 26.2 Å². The molecule has 0 saturated carbocycles. The molecule has 4 heteroatoms. The van der Waals surface area contributed by atoms with Crippen molar-refractivity contribution in [3.05, 3.63) is 59.7 Å². The van der Waals surface area contributed by atoms with E-state index in [4.69, 9.17) is 9.47 Å². The van der Waals surface area contributed by atoms with E-state index in [1.807, 2.05) is 30.3 Å². The normalized spacial score (nSPS) is 10.7. The van der Waals surface area contributed by atoms with E-state index in [1.54, 1.807) is 20.3 Å². The molecule has 2 aromatic carbocycles. The summed E-state index contributed by atoms with van der Waals surface area (Å²) in [5.41, 5.74) is 2.95. The maximum absolute atomic E-state index is 12.1. The first-order valence-corrected chi connectivity index (χ1v) is 8.46. The first-order chi connectivity index (χ1) is 12.2. The number of aryl methyl sites for hydroxylation is 1. The topological polar surface area (TPSA) is 47.6 Å². The zero-order valence-electron chi connectivity index (χ0n) is 15.0. The molecule has 2 rings (SSSR count). The van der Waals surface area contributed by atoms with E-state index in [0.717, 1.165) is 17.7 Å². The van der Waals surface area contributed by atoms with Crippen LogP contribution >= 0.6 is 0 Å². The molecule has 132 valence electrons. The van der Waals surface area contributed by atoms with Gasteiger partial charge in [0, 0.05) is 11.8 Å². The Morgan fingerprint density at radius 1 is 1.04 bits per heavy atom. The highest BCUT2D eigenvalue weighted by Crippen LogP contribution is 2.27. The highest BCUT2D eigenvalue weighted by molar-refractivity contribution is 6.01. The van der Waals surface area contributed by atoms with Gasteiger partial charge in [-0.2, -0.15) is 0 Å². The van der Waals surface area contributed by atoms with Crippen LogP contribution in [0.15, 0.2) is 48.5 Å². The Morgan fingerprint density at radius 2 is 1.76 bits per heavy atom. The predicted molar refractivity (Wildman–Crippen MR) is 102 cm³/mol. The van der Waals surface area contributed by atoms with Gasteiger partial charge in [-0.15, -0.1) is 0 Å². The smallest absolute Gasteiger partial charge is 0.248 e. The van der Waals surface area contributed by atoms with Crippen LogP contribution in [0.5, 0.6) is 11.5 Å². The monoisotopic (exact) mass is 339 g/mol. The van der Waals surface area contributed by atoms with Crippen molar-refractivity contribution in [1.82, 2.24) is 0 Å². The largest absolute Gasteiger partial charge is 0.493 e. The van der Waals surface area contributed by atoms with Crippen molar-refractivity contribution in [3.63, 3.8) is 0 Å². The molecule has 2 aromatic rings. The summed E-state index contributed by atoms with van der Waals surface area (Å²) in [4.78, 5) is 12.1. The molecule has 0 unspecified atom stereocenters. The van der Waals surface area contributed by atoms with E-state index in [0.29, 0.717) is 11.5 Å². The summed E-state index contributed by atoms with van der Waals surface area (Å²) in [6, 6.07) is 13.5. The first kappa shape index (κ1) is 18.6. The molecule has 0 aliphatic carbocycles. The maximum atomic E-state index is 12.1. The minimum absolute atomic E-state index is 0.170. The van der Waals surface area contributed by atoms with Crippen molar-refractivity contribution < 1.29 is 14.3 Å². The summed E-state index contributed by atoms with van der Waals surface area (Å²) < 4.78 is 10.5. The second kappa shape index (κ2) is 9.52. The number of amides is 1. The van der Waals surface area contributed by atoms with Crippen molar-refractivity contribution in [2.24, 2.45) is 0 Å². The van der Waals surface area contributed by atoms with E-state index < -0.39 is 0 Å². The van der Waals surface area contributed by atoms with E-state index in [-0.39, 0.29) is 5.91 Å². The highest BCUT2D eigenvalue weighted by atomic mass is 16.5. The molecule has 0 fully saturated rings. The third-order valence-electron chi connectivity index (χ3n) is 3.88. The third kappa shape index (κ3) is 5.68. The summed E-state index contributed by atoms with van der Waals surface area (Å²) in [5.74, 6) is 1.12. The van der Waals surface area contributed by atoms with Crippen LogP contribution < -0.4 is 14.8 Å². The fraction of sp³-hybridized carbons (Fsp3) is 0.286. The van der Waals surface area contributed by atoms with Crippen LogP contribution in [0.1, 0.15) is 30.9 Å². The predicted octanol–water partition coefficient (Wildman–Crippen LogP) is 4.70. The van der Waals surface area contributed by atoms with E-state index >= 15 is 0 Å². The lowest BCUT2D eigenvalue weighted by molar-refractivity contribution is -0.111. The minimum atomic E-state index is -0.170. The van der Waals surface area contributed by atoms with Gasteiger partial charge in [-0.1, -0.05) is 31.5 Å². The molecule has 0 radical (unpaired) electrons. The maximum Gasteiger partial charge on any atom is 0.248 e. The van der Waals surface area contributed by atoms with Crippen molar-refractivity contribution in [1.29, 1.82) is 0 Å². The van der Waals surface area contributed by atoms with Gasteiger partial charge in [-0.25, -0.2) is 0 Å². The molecule has 25 heavy (non-hydrogen) atoms. The van der Waals surface area contributed by atoms with Crippen LogP contribution in [-0.4, -0.2) is 20.1 Å². The van der Waals surface area contributed by atoms with Crippen LogP contribution in [0.2, 0.25) is 0 Å². The Morgan fingerprint density at radius 3 is 2.40 bits per heavy atom. The lowest BCUT2D eigenvalue weighted by atomic mass is 10.1. The molecule has 0 aromatic heterocycles. The lowest BCUT2D eigenvalue weighted by Crippen LogP contribution is -2.07. The number of methoxy groups -OCH3 is 2. The SMILES string of the molecule is CCCCc1ccc(NC(=O)C=Cc2ccc(OC)c(OC)c2)cc1. The van der Waals surface area contributed by atoms with Gasteiger partial charge in [0.05, 0.1) is 14.2 Å². The molecule has 4 nitrogen and oxygen atoms in total. The number of hydrogen-bond donors (Lipinski definition) is 1. The lowest BCUT2D eigenvalue weighted by Gasteiger charge is -2.07. The van der Waals surface area contributed by atoms with Crippen LogP contribution in [0.4, 0.5) is 5.69 Å². The number of hydrogen-bond acceptors (Lipinski definition) is 3. The first-order valence-electron chi connectivity index (χ1n) is 8.46. The van der Waals surface area contributed by atoms with Gasteiger partial charge in [0.2, 0.25) is 5.91 Å². The zero-order valence-corrected chi connectivity index (χ0v) is 15.0. The molecule has 1 amide bonds. The number of nitrogens with one attached hydrogen (secondary N) is 1. The van der Waals surface area contributed by atoms with Crippen LogP contribution in [-0.2, 0) is 11.2 Å². The second-order valence-electron chi connectivity index (χ2n) is 5.74. The molecule has 0 spiro atoms. The average molecular weight is 339 g/mol. The molecular formula is C21H25NO3. The van der Waals surface area contributed by atoms with Gasteiger partial charge in [0.25, 0.3) is 0 Å². The zero-order chi connectivity index (χ0) is 18.1.